The van der Waals surface area contributed by atoms with Crippen molar-refractivity contribution in [1.29, 1.82) is 0 Å². The summed E-state index contributed by atoms with van der Waals surface area (Å²) in [5.41, 5.74) is -1.89. The molecule has 4 aliphatic rings. The Morgan fingerprint density at radius 1 is 1.02 bits per heavy atom. The number of allylic oxidation sites excluding steroid dienone is 1. The van der Waals surface area contributed by atoms with Crippen LogP contribution < -0.4 is 10.6 Å². The van der Waals surface area contributed by atoms with Crippen molar-refractivity contribution in [3.63, 3.8) is 0 Å². The van der Waals surface area contributed by atoms with E-state index < -0.39 is 65.3 Å². The zero-order chi connectivity index (χ0) is 33.5. The summed E-state index contributed by atoms with van der Waals surface area (Å²) in [7, 11) is 0. The van der Waals surface area contributed by atoms with Gasteiger partial charge >= 0.3 is 11.9 Å². The summed E-state index contributed by atoms with van der Waals surface area (Å²) >= 11 is 0. The highest BCUT2D eigenvalue weighted by atomic mass is 16.5. The molecular weight excluding hydrogens is 584 g/mol. The van der Waals surface area contributed by atoms with Crippen molar-refractivity contribution in [2.24, 2.45) is 34.5 Å². The minimum atomic E-state index is -1.79. The number of hydrogen-bond donors (Lipinski definition) is 5. The lowest BCUT2D eigenvalue weighted by atomic mass is 9.45. The van der Waals surface area contributed by atoms with Crippen LogP contribution in [0, 0.1) is 34.5 Å². The summed E-state index contributed by atoms with van der Waals surface area (Å²) in [6, 6.07) is -2.16. The maximum absolute atomic E-state index is 13.5. The van der Waals surface area contributed by atoms with Gasteiger partial charge in [-0.2, -0.15) is 0 Å². The van der Waals surface area contributed by atoms with Gasteiger partial charge in [0.1, 0.15) is 17.7 Å². The molecule has 9 atom stereocenters. The number of ketones is 2. The first-order chi connectivity index (χ1) is 20.9. The van der Waals surface area contributed by atoms with Crippen LogP contribution in [0.15, 0.2) is 11.6 Å². The largest absolute Gasteiger partial charge is 0.480 e. The van der Waals surface area contributed by atoms with Crippen LogP contribution in [0.4, 0.5) is 0 Å². The fourth-order valence-corrected chi connectivity index (χ4v) is 8.85. The maximum Gasteiger partial charge on any atom is 0.325 e. The molecule has 0 aromatic carbocycles. The second-order valence-corrected chi connectivity index (χ2v) is 14.4. The minimum Gasteiger partial charge on any atom is -0.480 e. The molecule has 5 N–H and O–H groups in total. The minimum absolute atomic E-state index is 0.0140. The van der Waals surface area contributed by atoms with E-state index in [1.807, 2.05) is 6.92 Å². The Hall–Kier alpha value is -3.12. The number of Topliss-reactive ketones (excluding diaryl/α,β-unsaturated/α-hetero) is 1. The number of carboxylic acids is 1. The SMILES string of the molecule is CC(C)[C@H](NC(=O)CCC(=O)OCC(=O)[C@@]1(O)CC[C@H]2[C@@H]3CCC4=CC(=O)CC[C@]4(C)[C@H]3[C@H](O)C[C@@]21C)C(=O)N[C@H](C)C(=O)O. The molecule has 45 heavy (non-hydrogen) atoms. The van der Waals surface area contributed by atoms with Crippen LogP contribution in [0.1, 0.15) is 92.4 Å². The number of carbonyl (C=O) groups is 6. The van der Waals surface area contributed by atoms with Gasteiger partial charge in [-0.3, -0.25) is 28.8 Å². The standard InChI is InChI=1S/C33H48N2O10/c1-17(2)28(29(41)34-18(3)30(42)43)35-25(39)8-9-26(40)45-16-24(38)33(44)13-11-22-21-7-6-19-14-20(36)10-12-31(19,4)27(21)23(37)15-32(22,33)5/h14,17-18,21-23,27-28,37,44H,6-13,15-16H2,1-5H3,(H,34,41)(H,35,39)(H,42,43)/t18-,21+,22+,23-,27-,28+,31+,32+,33+/m1/s1. The Labute approximate surface area is 263 Å². The number of rotatable bonds is 11. The number of carbonyl (C=O) groups excluding carboxylic acids is 5. The Morgan fingerprint density at radius 3 is 2.36 bits per heavy atom. The first-order valence-corrected chi connectivity index (χ1v) is 16.1. The third kappa shape index (κ3) is 6.45. The Bertz CT molecular complexity index is 1280. The number of aliphatic hydroxyl groups is 2. The number of aliphatic hydroxyl groups excluding tert-OH is 1. The number of esters is 1. The van der Waals surface area contributed by atoms with Crippen molar-refractivity contribution in [3.8, 4) is 0 Å². The Balaban J connectivity index is 1.33. The molecule has 12 heteroatoms. The molecule has 4 rings (SSSR count). The summed E-state index contributed by atoms with van der Waals surface area (Å²) in [5, 5.41) is 37.2. The first kappa shape index (κ1) is 34.7. The molecule has 0 spiro atoms. The number of aliphatic carboxylic acids is 1. The topological polar surface area (TPSA) is 196 Å². The quantitative estimate of drug-likeness (QED) is 0.210. The lowest BCUT2D eigenvalue weighted by Crippen LogP contribution is -2.62. The van der Waals surface area contributed by atoms with E-state index in [0.29, 0.717) is 19.3 Å². The van der Waals surface area contributed by atoms with E-state index >= 15 is 0 Å². The van der Waals surface area contributed by atoms with E-state index in [9.17, 15) is 39.0 Å². The number of carboxylic acid groups (broad SMARTS) is 1. The van der Waals surface area contributed by atoms with Crippen molar-refractivity contribution in [3.05, 3.63) is 11.6 Å². The lowest BCUT2D eigenvalue weighted by molar-refractivity contribution is -0.184. The van der Waals surface area contributed by atoms with Gasteiger partial charge in [0, 0.05) is 18.3 Å². The van der Waals surface area contributed by atoms with Gasteiger partial charge in [-0.25, -0.2) is 0 Å². The van der Waals surface area contributed by atoms with Crippen molar-refractivity contribution >= 4 is 35.3 Å². The second kappa shape index (κ2) is 12.9. The summed E-state index contributed by atoms with van der Waals surface area (Å²) in [4.78, 5) is 74.1. The molecule has 0 aliphatic heterocycles. The fraction of sp³-hybridized carbons (Fsp3) is 0.758. The molecule has 0 radical (unpaired) electrons. The molecule has 4 aliphatic carbocycles. The molecule has 2 amide bonds. The highest BCUT2D eigenvalue weighted by molar-refractivity contribution is 5.93. The predicted octanol–water partition coefficient (Wildman–Crippen LogP) is 1.84. The van der Waals surface area contributed by atoms with Gasteiger partial charge in [-0.1, -0.05) is 33.3 Å². The Morgan fingerprint density at radius 2 is 1.71 bits per heavy atom. The third-order valence-electron chi connectivity index (χ3n) is 11.4. The normalized spacial score (nSPS) is 35.2. The van der Waals surface area contributed by atoms with E-state index in [-0.39, 0.29) is 60.6 Å². The van der Waals surface area contributed by atoms with Crippen LogP contribution in [0.5, 0.6) is 0 Å². The molecule has 250 valence electrons. The summed E-state index contributed by atoms with van der Waals surface area (Å²) in [5.74, 6) is -4.17. The monoisotopic (exact) mass is 632 g/mol. The maximum atomic E-state index is 13.5. The molecule has 0 aromatic rings. The molecule has 0 aromatic heterocycles. The molecule has 0 bridgehead atoms. The number of amides is 2. The number of nitrogens with one attached hydrogen (secondary N) is 2. The van der Waals surface area contributed by atoms with Crippen molar-refractivity contribution in [1.82, 2.24) is 10.6 Å². The van der Waals surface area contributed by atoms with Gasteiger partial charge in [-0.15, -0.1) is 0 Å². The van der Waals surface area contributed by atoms with E-state index in [2.05, 4.69) is 17.6 Å². The van der Waals surface area contributed by atoms with Crippen LogP contribution in [0.25, 0.3) is 0 Å². The average molecular weight is 633 g/mol. The van der Waals surface area contributed by atoms with Gasteiger partial charge in [0.15, 0.2) is 12.4 Å². The molecule has 3 fully saturated rings. The van der Waals surface area contributed by atoms with Crippen LogP contribution >= 0.6 is 0 Å². The highest BCUT2D eigenvalue weighted by Crippen LogP contribution is 2.67. The zero-order valence-corrected chi connectivity index (χ0v) is 26.9. The van der Waals surface area contributed by atoms with E-state index in [1.54, 1.807) is 19.9 Å². The smallest absolute Gasteiger partial charge is 0.325 e. The third-order valence-corrected chi connectivity index (χ3v) is 11.4. The van der Waals surface area contributed by atoms with Gasteiger partial charge < -0.3 is 30.7 Å². The number of fused-ring (bicyclic) bond motifs is 5. The number of hydrogen-bond acceptors (Lipinski definition) is 9. The van der Waals surface area contributed by atoms with Gasteiger partial charge in [0.05, 0.1) is 12.5 Å². The van der Waals surface area contributed by atoms with Gasteiger partial charge in [0.2, 0.25) is 17.6 Å². The van der Waals surface area contributed by atoms with E-state index in [4.69, 9.17) is 9.84 Å². The van der Waals surface area contributed by atoms with Crippen LogP contribution in [-0.2, 0) is 33.5 Å². The summed E-state index contributed by atoms with van der Waals surface area (Å²) < 4.78 is 5.19. The molecule has 0 saturated heterocycles. The Kier molecular flexibility index (Phi) is 9.99. The fourth-order valence-electron chi connectivity index (χ4n) is 8.85. The lowest BCUT2D eigenvalue weighted by Gasteiger charge is -2.60. The molecular formula is C33H48N2O10. The predicted molar refractivity (Wildman–Crippen MR) is 160 cm³/mol. The summed E-state index contributed by atoms with van der Waals surface area (Å²) in [6.07, 6.45) is 3.99. The van der Waals surface area contributed by atoms with Gasteiger partial charge in [-0.05, 0) is 80.6 Å². The average Bonchev–Trinajstić information content (AvgIpc) is 3.23. The van der Waals surface area contributed by atoms with E-state index in [0.717, 1.165) is 18.4 Å². The first-order valence-electron chi connectivity index (χ1n) is 16.1. The van der Waals surface area contributed by atoms with Crippen LogP contribution in [-0.4, -0.2) is 81.0 Å². The van der Waals surface area contributed by atoms with Crippen LogP contribution in [0.2, 0.25) is 0 Å². The second-order valence-electron chi connectivity index (χ2n) is 14.4. The molecule has 12 nitrogen and oxygen atoms in total. The molecule has 0 unspecified atom stereocenters. The van der Waals surface area contributed by atoms with Crippen molar-refractivity contribution in [2.75, 3.05) is 6.61 Å². The van der Waals surface area contributed by atoms with Crippen LogP contribution in [0.3, 0.4) is 0 Å². The zero-order valence-electron chi connectivity index (χ0n) is 26.9. The summed E-state index contributed by atoms with van der Waals surface area (Å²) in [6.45, 7) is 7.99. The van der Waals surface area contributed by atoms with Crippen molar-refractivity contribution in [2.45, 2.75) is 116 Å². The molecule has 0 heterocycles. The van der Waals surface area contributed by atoms with E-state index in [1.165, 1.54) is 6.92 Å². The highest BCUT2D eigenvalue weighted by Gasteiger charge is 2.68. The molecule has 3 saturated carbocycles. The number of ether oxygens (including phenoxy) is 1. The van der Waals surface area contributed by atoms with Crippen molar-refractivity contribution < 1.29 is 48.8 Å². The van der Waals surface area contributed by atoms with Gasteiger partial charge in [0.25, 0.3) is 0 Å².